The largest absolute Gasteiger partial charge is 0.196 e. The van der Waals surface area contributed by atoms with Crippen molar-refractivity contribution in [3.05, 3.63) is 30.0 Å². The average Bonchev–Trinajstić information content (AvgIpc) is 2.67. The molecule has 0 atom stereocenters. The molecule has 0 saturated carbocycles. The van der Waals surface area contributed by atoms with Crippen molar-refractivity contribution in [3.63, 3.8) is 0 Å². The summed E-state index contributed by atoms with van der Waals surface area (Å²) in [6, 6.07) is 9.34. The maximum Gasteiger partial charge on any atom is 0.190 e. The molecule has 0 unspecified atom stereocenters. The molecule has 1 N–H and O–H groups in total. The van der Waals surface area contributed by atoms with Crippen molar-refractivity contribution < 1.29 is 0 Å². The first-order valence-electron chi connectivity index (χ1n) is 3.91. The molecule has 0 aliphatic carbocycles. The minimum atomic E-state index is 0.303. The summed E-state index contributed by atoms with van der Waals surface area (Å²) in [5.41, 5.74) is 1.73. The van der Waals surface area contributed by atoms with Gasteiger partial charge in [0.1, 0.15) is 11.8 Å². The number of benzene rings is 1. The molecule has 4 nitrogen and oxygen atoms in total. The van der Waals surface area contributed by atoms with Crippen LogP contribution < -0.4 is 0 Å². The molecule has 2 aromatic rings. The van der Waals surface area contributed by atoms with Gasteiger partial charge in [0, 0.05) is 10.5 Å². The van der Waals surface area contributed by atoms with E-state index in [1.165, 1.54) is 0 Å². The van der Waals surface area contributed by atoms with Gasteiger partial charge in [-0.05, 0) is 12.1 Å². The molecule has 0 bridgehead atoms. The number of aromatic amines is 1. The third-order valence-electron chi connectivity index (χ3n) is 1.79. The van der Waals surface area contributed by atoms with E-state index >= 15 is 0 Å². The Kier molecular flexibility index (Phi) is 2.21. The third-order valence-corrected chi connectivity index (χ3v) is 2.09. The molecule has 0 fully saturated rings. The lowest BCUT2D eigenvalue weighted by atomic mass is 10.1. The van der Waals surface area contributed by atoms with E-state index in [2.05, 4.69) is 28.0 Å². The lowest BCUT2D eigenvalue weighted by molar-refractivity contribution is 0.937. The van der Waals surface area contributed by atoms with Crippen LogP contribution in [0.5, 0.6) is 0 Å². The molecule has 14 heavy (non-hydrogen) atoms. The van der Waals surface area contributed by atoms with E-state index in [-0.39, 0.29) is 0 Å². The Morgan fingerprint density at radius 2 is 1.93 bits per heavy atom. The van der Waals surface area contributed by atoms with Gasteiger partial charge >= 0.3 is 0 Å². The summed E-state index contributed by atoms with van der Waals surface area (Å²) in [5, 5.41) is 18.8. The lowest BCUT2D eigenvalue weighted by Crippen LogP contribution is -1.81. The van der Waals surface area contributed by atoms with Gasteiger partial charge in [0.2, 0.25) is 0 Å². The Morgan fingerprint density at radius 1 is 1.21 bits per heavy atom. The zero-order valence-corrected chi connectivity index (χ0v) is 7.99. The highest BCUT2D eigenvalue weighted by Gasteiger charge is 2.08. The summed E-state index contributed by atoms with van der Waals surface area (Å²) in [6.07, 6.45) is 0. The Balaban J connectivity index is 2.50. The van der Waals surface area contributed by atoms with E-state index < -0.39 is 0 Å². The average molecular weight is 202 g/mol. The molecule has 0 saturated heterocycles. The maximum atomic E-state index is 8.74. The summed E-state index contributed by atoms with van der Waals surface area (Å²) in [4.78, 5) is 0.871. The number of aromatic nitrogens is 3. The Labute approximate surface area is 86.0 Å². The van der Waals surface area contributed by atoms with Crippen molar-refractivity contribution in [3.8, 4) is 17.3 Å². The van der Waals surface area contributed by atoms with E-state index in [4.69, 9.17) is 5.26 Å². The van der Waals surface area contributed by atoms with Crippen LogP contribution in [0.4, 0.5) is 0 Å². The molecule has 2 rings (SSSR count). The fourth-order valence-corrected chi connectivity index (χ4v) is 1.28. The van der Waals surface area contributed by atoms with Crippen molar-refractivity contribution in [2.24, 2.45) is 0 Å². The monoisotopic (exact) mass is 202 g/mol. The van der Waals surface area contributed by atoms with Crippen LogP contribution in [0.3, 0.4) is 0 Å². The van der Waals surface area contributed by atoms with Gasteiger partial charge in [-0.2, -0.15) is 15.6 Å². The number of nitrogens with zero attached hydrogens (tertiary/aromatic N) is 3. The molecule has 1 aromatic heterocycles. The molecule has 68 valence electrons. The van der Waals surface area contributed by atoms with Gasteiger partial charge in [-0.15, -0.1) is 17.7 Å². The van der Waals surface area contributed by atoms with Gasteiger partial charge in [-0.25, -0.2) is 0 Å². The summed E-state index contributed by atoms with van der Waals surface area (Å²) in [5.74, 6) is 0. The first-order valence-corrected chi connectivity index (χ1v) is 4.36. The van der Waals surface area contributed by atoms with Gasteiger partial charge < -0.3 is 0 Å². The Morgan fingerprint density at radius 3 is 2.57 bits per heavy atom. The van der Waals surface area contributed by atoms with Crippen LogP contribution in [0, 0.1) is 11.3 Å². The molecular formula is C9H6N4S. The summed E-state index contributed by atoms with van der Waals surface area (Å²) >= 11 is 4.17. The van der Waals surface area contributed by atoms with Crippen LogP contribution in [-0.4, -0.2) is 15.4 Å². The van der Waals surface area contributed by atoms with E-state index in [1.54, 1.807) is 0 Å². The fraction of sp³-hybridized carbons (Fsp3) is 0. The number of rotatable bonds is 1. The second kappa shape index (κ2) is 3.52. The predicted molar refractivity (Wildman–Crippen MR) is 53.8 cm³/mol. The van der Waals surface area contributed by atoms with E-state index in [9.17, 15) is 0 Å². The fourth-order valence-electron chi connectivity index (χ4n) is 1.13. The highest BCUT2D eigenvalue weighted by Crippen LogP contribution is 2.20. The molecule has 0 aliphatic heterocycles. The van der Waals surface area contributed by atoms with Crippen molar-refractivity contribution in [2.45, 2.75) is 4.90 Å². The number of hydrogen-bond donors (Lipinski definition) is 2. The summed E-state index contributed by atoms with van der Waals surface area (Å²) in [7, 11) is 0. The second-order valence-electron chi connectivity index (χ2n) is 2.68. The van der Waals surface area contributed by atoms with Crippen molar-refractivity contribution >= 4 is 12.6 Å². The molecule has 1 heterocycles. The van der Waals surface area contributed by atoms with Crippen LogP contribution in [0.2, 0.25) is 0 Å². The van der Waals surface area contributed by atoms with Gasteiger partial charge in [-0.1, -0.05) is 12.1 Å². The van der Waals surface area contributed by atoms with Crippen LogP contribution >= 0.6 is 12.6 Å². The zero-order valence-electron chi connectivity index (χ0n) is 7.10. The molecule has 0 radical (unpaired) electrons. The van der Waals surface area contributed by atoms with Gasteiger partial charge in [0.05, 0.1) is 0 Å². The Bertz CT molecular complexity index is 480. The van der Waals surface area contributed by atoms with Crippen molar-refractivity contribution in [1.29, 1.82) is 5.26 Å². The first kappa shape index (κ1) is 8.78. The maximum absolute atomic E-state index is 8.74. The van der Waals surface area contributed by atoms with Crippen LogP contribution in [0.15, 0.2) is 29.2 Å². The lowest BCUT2D eigenvalue weighted by Gasteiger charge is -1.95. The van der Waals surface area contributed by atoms with E-state index in [0.29, 0.717) is 11.4 Å². The Hall–Kier alpha value is -1.80. The minimum Gasteiger partial charge on any atom is -0.196 e. The highest BCUT2D eigenvalue weighted by molar-refractivity contribution is 7.80. The smallest absolute Gasteiger partial charge is 0.190 e. The number of nitriles is 1. The third kappa shape index (κ3) is 1.47. The molecule has 5 heteroatoms. The van der Waals surface area contributed by atoms with Crippen molar-refractivity contribution in [1.82, 2.24) is 15.4 Å². The summed E-state index contributed by atoms with van der Waals surface area (Å²) in [6.45, 7) is 0. The summed E-state index contributed by atoms with van der Waals surface area (Å²) < 4.78 is 0. The molecule has 0 spiro atoms. The van der Waals surface area contributed by atoms with Gasteiger partial charge in [-0.3, -0.25) is 0 Å². The quantitative estimate of drug-likeness (QED) is 0.691. The number of hydrogen-bond acceptors (Lipinski definition) is 4. The van der Waals surface area contributed by atoms with Gasteiger partial charge in [0.15, 0.2) is 5.69 Å². The topological polar surface area (TPSA) is 65.4 Å². The normalized spacial score (nSPS) is 9.71. The number of nitrogens with one attached hydrogen (secondary N) is 1. The number of H-pyrrole nitrogens is 1. The zero-order chi connectivity index (χ0) is 9.97. The minimum absolute atomic E-state index is 0.303. The van der Waals surface area contributed by atoms with E-state index in [1.807, 2.05) is 30.3 Å². The predicted octanol–water partition coefficient (Wildman–Crippen LogP) is 1.63. The van der Waals surface area contributed by atoms with Crippen LogP contribution in [0.25, 0.3) is 11.3 Å². The molecule has 0 amide bonds. The number of thiol groups is 1. The van der Waals surface area contributed by atoms with Crippen LogP contribution in [-0.2, 0) is 0 Å². The molecular weight excluding hydrogens is 196 g/mol. The van der Waals surface area contributed by atoms with Crippen LogP contribution in [0.1, 0.15) is 5.69 Å². The van der Waals surface area contributed by atoms with Crippen molar-refractivity contribution in [2.75, 3.05) is 0 Å². The second-order valence-corrected chi connectivity index (χ2v) is 3.20. The van der Waals surface area contributed by atoms with Gasteiger partial charge in [0.25, 0.3) is 0 Å². The SMILES string of the molecule is N#Cc1n[nH]nc1-c1ccc(S)cc1. The molecule has 0 aliphatic rings. The first-order chi connectivity index (χ1) is 6.81. The highest BCUT2D eigenvalue weighted by atomic mass is 32.1. The standard InChI is InChI=1S/C9H6N4S/c10-5-8-9(12-13-11-8)6-1-3-7(14)4-2-6/h1-4,14H,(H,11,12,13). The van der Waals surface area contributed by atoms with E-state index in [0.717, 1.165) is 10.5 Å². The molecule has 1 aromatic carbocycles.